The Morgan fingerprint density at radius 2 is 0.526 bits per heavy atom. The molecule has 0 spiro atoms. The van der Waals surface area contributed by atoms with E-state index in [2.05, 4.69) is 22.6 Å². The monoisotopic (exact) mass is 670 g/mol. The summed E-state index contributed by atoms with van der Waals surface area (Å²) in [7, 11) is 0. The SMILES string of the molecule is FCCOCCOCCOCCOCCOCCOCCOCCOCCOCCOCCCCCCI. The van der Waals surface area contributed by atoms with Crippen molar-refractivity contribution in [1.82, 2.24) is 0 Å². The highest BCUT2D eigenvalue weighted by molar-refractivity contribution is 14.1. The molecule has 0 radical (unpaired) electrons. The van der Waals surface area contributed by atoms with Gasteiger partial charge in [0.25, 0.3) is 0 Å². The zero-order valence-electron chi connectivity index (χ0n) is 23.2. The molecule has 0 aliphatic heterocycles. The largest absolute Gasteiger partial charge is 0.379 e. The molecule has 0 aromatic heterocycles. The molecule has 0 amide bonds. The molecule has 0 aliphatic carbocycles. The molecule has 0 fully saturated rings. The van der Waals surface area contributed by atoms with E-state index in [1.165, 1.54) is 23.7 Å². The molecule has 0 aromatic rings. The first-order valence-electron chi connectivity index (χ1n) is 13.8. The van der Waals surface area contributed by atoms with Gasteiger partial charge in [-0.05, 0) is 17.3 Å². The summed E-state index contributed by atoms with van der Waals surface area (Å²) in [5, 5.41) is 0. The van der Waals surface area contributed by atoms with E-state index in [9.17, 15) is 4.39 Å². The molecule has 0 heterocycles. The number of hydrogen-bond donors (Lipinski definition) is 0. The number of halogens is 2. The Morgan fingerprint density at radius 3 is 0.789 bits per heavy atom. The topological polar surface area (TPSA) is 92.3 Å². The average molecular weight is 671 g/mol. The van der Waals surface area contributed by atoms with Crippen LogP contribution in [0.4, 0.5) is 4.39 Å². The molecular weight excluding hydrogens is 618 g/mol. The quantitative estimate of drug-likeness (QED) is 0.0570. The third-order valence-corrected chi connectivity index (χ3v) is 5.50. The van der Waals surface area contributed by atoms with Crippen LogP contribution in [0.2, 0.25) is 0 Å². The minimum Gasteiger partial charge on any atom is -0.379 e. The highest BCUT2D eigenvalue weighted by atomic mass is 127. The zero-order valence-corrected chi connectivity index (χ0v) is 25.4. The summed E-state index contributed by atoms with van der Waals surface area (Å²) in [6.07, 6.45) is 4.98. The first-order valence-corrected chi connectivity index (χ1v) is 15.3. The predicted octanol–water partition coefficient (Wildman–Crippen LogP) is 3.12. The first-order chi connectivity index (χ1) is 18.9. The predicted molar refractivity (Wildman–Crippen MR) is 152 cm³/mol. The van der Waals surface area contributed by atoms with Crippen molar-refractivity contribution >= 4 is 22.6 Å². The van der Waals surface area contributed by atoms with Crippen molar-refractivity contribution in [2.75, 3.05) is 143 Å². The van der Waals surface area contributed by atoms with E-state index in [0.29, 0.717) is 119 Å². The normalized spacial score (nSPS) is 11.5. The Bertz CT molecular complexity index is 380. The van der Waals surface area contributed by atoms with Gasteiger partial charge in [-0.25, -0.2) is 4.39 Å². The maximum atomic E-state index is 11.8. The first kappa shape index (κ1) is 38.3. The minimum absolute atomic E-state index is 0.118. The van der Waals surface area contributed by atoms with Gasteiger partial charge < -0.3 is 47.4 Å². The highest BCUT2D eigenvalue weighted by Crippen LogP contribution is 2.02. The molecule has 0 bridgehead atoms. The number of ether oxygens (including phenoxy) is 10. The van der Waals surface area contributed by atoms with Gasteiger partial charge in [0.1, 0.15) is 6.67 Å². The van der Waals surface area contributed by atoms with Crippen LogP contribution in [0.15, 0.2) is 0 Å². The van der Waals surface area contributed by atoms with Crippen molar-refractivity contribution in [1.29, 1.82) is 0 Å². The lowest BCUT2D eigenvalue weighted by Gasteiger charge is -2.09. The van der Waals surface area contributed by atoms with Crippen LogP contribution in [-0.4, -0.2) is 143 Å². The van der Waals surface area contributed by atoms with E-state index < -0.39 is 6.67 Å². The lowest BCUT2D eigenvalue weighted by atomic mass is 10.2. The van der Waals surface area contributed by atoms with Crippen molar-refractivity contribution in [2.45, 2.75) is 25.7 Å². The van der Waals surface area contributed by atoms with Gasteiger partial charge >= 0.3 is 0 Å². The van der Waals surface area contributed by atoms with Gasteiger partial charge in [-0.2, -0.15) is 0 Å². The molecule has 230 valence electrons. The van der Waals surface area contributed by atoms with Crippen LogP contribution in [0, 0.1) is 0 Å². The molecule has 12 heteroatoms. The number of alkyl halides is 2. The second-order valence-electron chi connectivity index (χ2n) is 7.92. The summed E-state index contributed by atoms with van der Waals surface area (Å²) in [5.41, 5.74) is 0. The van der Waals surface area contributed by atoms with Crippen molar-refractivity contribution < 1.29 is 51.8 Å². The molecule has 0 aliphatic rings. The van der Waals surface area contributed by atoms with E-state index in [-0.39, 0.29) is 6.61 Å². The molecule has 0 aromatic carbocycles. The van der Waals surface area contributed by atoms with Gasteiger partial charge in [0, 0.05) is 6.61 Å². The smallest absolute Gasteiger partial charge is 0.113 e. The van der Waals surface area contributed by atoms with E-state index in [4.69, 9.17) is 47.4 Å². The fourth-order valence-electron chi connectivity index (χ4n) is 2.79. The van der Waals surface area contributed by atoms with Crippen LogP contribution < -0.4 is 0 Å². The standard InChI is InChI=1S/C26H52FIO10/c27-5-8-30-10-12-32-14-16-34-18-20-36-22-24-38-26-25-37-23-21-35-19-17-33-15-13-31-11-9-29-7-4-2-1-3-6-28/h1-26H2. The van der Waals surface area contributed by atoms with Crippen LogP contribution in [0.5, 0.6) is 0 Å². The Morgan fingerprint density at radius 1 is 0.289 bits per heavy atom. The van der Waals surface area contributed by atoms with Gasteiger partial charge in [0.05, 0.1) is 126 Å². The molecule has 0 N–H and O–H groups in total. The van der Waals surface area contributed by atoms with E-state index in [1.807, 2.05) is 0 Å². The van der Waals surface area contributed by atoms with Crippen LogP contribution in [0.25, 0.3) is 0 Å². The fourth-order valence-corrected chi connectivity index (χ4v) is 3.33. The second kappa shape index (κ2) is 37.3. The van der Waals surface area contributed by atoms with Crippen molar-refractivity contribution in [3.05, 3.63) is 0 Å². The number of rotatable bonds is 35. The third-order valence-electron chi connectivity index (χ3n) is 4.74. The molecule has 0 saturated heterocycles. The summed E-state index contributed by atoms with van der Waals surface area (Å²) in [6, 6.07) is 0. The van der Waals surface area contributed by atoms with Crippen LogP contribution in [-0.2, 0) is 47.4 Å². The van der Waals surface area contributed by atoms with Gasteiger partial charge in [0.15, 0.2) is 0 Å². The van der Waals surface area contributed by atoms with Crippen LogP contribution in [0.3, 0.4) is 0 Å². The summed E-state index contributed by atoms with van der Waals surface area (Å²) in [5.74, 6) is 0. The Balaban J connectivity index is 3.01. The highest BCUT2D eigenvalue weighted by Gasteiger charge is 1.96. The summed E-state index contributed by atoms with van der Waals surface area (Å²) in [6.45, 7) is 9.81. The van der Waals surface area contributed by atoms with E-state index >= 15 is 0 Å². The molecule has 0 saturated carbocycles. The molecule has 0 rings (SSSR count). The Hall–Kier alpha value is 0.260. The number of hydrogen-bond acceptors (Lipinski definition) is 10. The summed E-state index contributed by atoms with van der Waals surface area (Å²) < 4.78 is 66.9. The van der Waals surface area contributed by atoms with E-state index in [1.54, 1.807) is 0 Å². The molecule has 0 unspecified atom stereocenters. The maximum Gasteiger partial charge on any atom is 0.113 e. The van der Waals surface area contributed by atoms with Gasteiger partial charge in [0.2, 0.25) is 0 Å². The van der Waals surface area contributed by atoms with E-state index in [0.717, 1.165) is 13.0 Å². The van der Waals surface area contributed by atoms with Gasteiger partial charge in [-0.3, -0.25) is 0 Å². The average Bonchev–Trinajstić information content (AvgIpc) is 2.93. The minimum atomic E-state index is -0.470. The van der Waals surface area contributed by atoms with Crippen LogP contribution >= 0.6 is 22.6 Å². The Labute approximate surface area is 242 Å². The van der Waals surface area contributed by atoms with Gasteiger partial charge in [-0.15, -0.1) is 0 Å². The third kappa shape index (κ3) is 36.3. The zero-order chi connectivity index (χ0) is 27.5. The summed E-state index contributed by atoms with van der Waals surface area (Å²) in [4.78, 5) is 0. The van der Waals surface area contributed by atoms with Gasteiger partial charge in [-0.1, -0.05) is 35.4 Å². The Kier molecular flexibility index (Phi) is 37.5. The molecular formula is C26H52FIO10. The molecule has 10 nitrogen and oxygen atoms in total. The van der Waals surface area contributed by atoms with Crippen molar-refractivity contribution in [3.63, 3.8) is 0 Å². The number of unbranched alkanes of at least 4 members (excludes halogenated alkanes) is 3. The maximum absolute atomic E-state index is 11.8. The summed E-state index contributed by atoms with van der Waals surface area (Å²) >= 11 is 2.42. The van der Waals surface area contributed by atoms with Crippen molar-refractivity contribution in [3.8, 4) is 0 Å². The van der Waals surface area contributed by atoms with Crippen LogP contribution in [0.1, 0.15) is 25.7 Å². The fraction of sp³-hybridized carbons (Fsp3) is 1.00. The molecule has 38 heavy (non-hydrogen) atoms. The molecule has 0 atom stereocenters. The van der Waals surface area contributed by atoms with Crippen molar-refractivity contribution in [2.24, 2.45) is 0 Å². The lowest BCUT2D eigenvalue weighted by molar-refractivity contribution is -0.0265. The second-order valence-corrected chi connectivity index (χ2v) is 8.99. The lowest BCUT2D eigenvalue weighted by Crippen LogP contribution is -2.15.